The van der Waals surface area contributed by atoms with Crippen LogP contribution >= 0.6 is 11.6 Å². The van der Waals surface area contributed by atoms with Crippen LogP contribution in [0.2, 0.25) is 5.02 Å². The molecule has 3 heterocycles. The molecule has 0 spiro atoms. The number of halogens is 4. The number of hydrogen-bond acceptors (Lipinski definition) is 5. The van der Waals surface area contributed by atoms with E-state index >= 15 is 0 Å². The summed E-state index contributed by atoms with van der Waals surface area (Å²) in [6, 6.07) is 3.37. The maximum Gasteiger partial charge on any atom is 0.436 e. The first kappa shape index (κ1) is 22.9. The van der Waals surface area contributed by atoms with Crippen molar-refractivity contribution < 1.29 is 27.2 Å². The minimum absolute atomic E-state index is 0.0337. The Balaban J connectivity index is 1.51. The van der Waals surface area contributed by atoms with Crippen LogP contribution in [0.5, 0.6) is 0 Å². The maximum atomic E-state index is 13.2. The number of aryl methyl sites for hydroxylation is 1. The van der Waals surface area contributed by atoms with Crippen molar-refractivity contribution in [2.75, 3.05) is 5.32 Å². The van der Waals surface area contributed by atoms with Gasteiger partial charge in [0.15, 0.2) is 11.4 Å². The lowest BCUT2D eigenvalue weighted by Crippen LogP contribution is -2.26. The predicted molar refractivity (Wildman–Crippen MR) is 111 cm³/mol. The maximum absolute atomic E-state index is 13.2. The van der Waals surface area contributed by atoms with E-state index in [0.29, 0.717) is 25.1 Å². The first-order chi connectivity index (χ1) is 15.7. The Morgan fingerprint density at radius 2 is 2.06 bits per heavy atom. The topological polar surface area (TPSA) is 107 Å². The van der Waals surface area contributed by atoms with Gasteiger partial charge in [-0.2, -0.15) is 23.4 Å². The highest BCUT2D eigenvalue weighted by molar-refractivity contribution is 6.32. The molecule has 1 fully saturated rings. The lowest BCUT2D eigenvalue weighted by Gasteiger charge is -2.08. The van der Waals surface area contributed by atoms with E-state index in [1.807, 2.05) is 0 Å². The number of anilines is 1. The van der Waals surface area contributed by atoms with Gasteiger partial charge in [-0.3, -0.25) is 19.0 Å². The fourth-order valence-corrected chi connectivity index (χ4v) is 3.73. The van der Waals surface area contributed by atoms with E-state index in [1.165, 1.54) is 17.1 Å². The molecule has 2 N–H and O–H groups in total. The minimum Gasteiger partial charge on any atom is -0.467 e. The average molecular weight is 485 g/mol. The molecule has 13 heteroatoms. The van der Waals surface area contributed by atoms with Gasteiger partial charge in [0.25, 0.3) is 5.91 Å². The van der Waals surface area contributed by atoms with Crippen molar-refractivity contribution in [3.05, 3.63) is 52.5 Å². The zero-order valence-corrected chi connectivity index (χ0v) is 18.2. The molecule has 0 radical (unpaired) electrons. The highest BCUT2D eigenvalue weighted by Gasteiger charge is 2.42. The van der Waals surface area contributed by atoms with E-state index in [4.69, 9.17) is 16.0 Å². The fourth-order valence-electron chi connectivity index (χ4n) is 3.33. The first-order valence-corrected chi connectivity index (χ1v) is 10.6. The number of alkyl halides is 3. The Morgan fingerprint density at radius 1 is 1.30 bits per heavy atom. The van der Waals surface area contributed by atoms with Gasteiger partial charge in [-0.25, -0.2) is 0 Å². The average Bonchev–Trinajstić information content (AvgIpc) is 3.15. The summed E-state index contributed by atoms with van der Waals surface area (Å²) in [5.41, 5.74) is -0.926. The highest BCUT2D eigenvalue weighted by Crippen LogP contribution is 2.46. The number of amides is 2. The molecule has 0 aromatic carbocycles. The summed E-state index contributed by atoms with van der Waals surface area (Å²) in [4.78, 5) is 25.3. The van der Waals surface area contributed by atoms with Crippen molar-refractivity contribution in [2.45, 2.75) is 51.5 Å². The van der Waals surface area contributed by atoms with Gasteiger partial charge >= 0.3 is 6.18 Å². The molecule has 2 amide bonds. The summed E-state index contributed by atoms with van der Waals surface area (Å²) in [6.45, 7) is 1.86. The Kier molecular flexibility index (Phi) is 6.19. The van der Waals surface area contributed by atoms with Gasteiger partial charge < -0.3 is 15.1 Å². The van der Waals surface area contributed by atoms with Gasteiger partial charge in [-0.15, -0.1) is 0 Å². The molecule has 4 rings (SSSR count). The van der Waals surface area contributed by atoms with E-state index < -0.39 is 35.3 Å². The zero-order chi connectivity index (χ0) is 23.8. The second-order valence-corrected chi connectivity index (χ2v) is 7.91. The van der Waals surface area contributed by atoms with E-state index in [2.05, 4.69) is 20.8 Å². The van der Waals surface area contributed by atoms with Gasteiger partial charge in [0.1, 0.15) is 12.3 Å². The van der Waals surface area contributed by atoms with Crippen LogP contribution in [0.4, 0.5) is 18.9 Å². The molecule has 0 saturated heterocycles. The quantitative estimate of drug-likeness (QED) is 0.505. The fraction of sp³-hybridized carbons (Fsp3) is 0.400. The van der Waals surface area contributed by atoms with Crippen LogP contribution in [0.25, 0.3) is 0 Å². The molecule has 33 heavy (non-hydrogen) atoms. The molecule has 3 aromatic heterocycles. The van der Waals surface area contributed by atoms with Crippen molar-refractivity contribution in [1.29, 1.82) is 0 Å². The standard InChI is InChI=1S/C20H20ClF3N6O3/c1-2-29-9-13(16(27-29)19(32)25-8-12-4-3-7-33-12)26-14(31)10-30-17(11-5-6-11)15(21)18(28-30)20(22,23)24/h3-4,7,9,11H,2,5-6,8,10H2,1H3,(H,25,32)(H,26,31). The molecule has 1 aliphatic carbocycles. The summed E-state index contributed by atoms with van der Waals surface area (Å²) in [7, 11) is 0. The number of aromatic nitrogens is 4. The molecule has 0 atom stereocenters. The third kappa shape index (κ3) is 5.05. The molecular weight excluding hydrogens is 465 g/mol. The van der Waals surface area contributed by atoms with Crippen LogP contribution in [0.15, 0.2) is 29.0 Å². The Morgan fingerprint density at radius 3 is 2.67 bits per heavy atom. The van der Waals surface area contributed by atoms with Crippen LogP contribution < -0.4 is 10.6 Å². The van der Waals surface area contributed by atoms with Crippen molar-refractivity contribution in [1.82, 2.24) is 24.9 Å². The van der Waals surface area contributed by atoms with E-state index in [9.17, 15) is 22.8 Å². The first-order valence-electron chi connectivity index (χ1n) is 10.2. The molecule has 9 nitrogen and oxygen atoms in total. The summed E-state index contributed by atoms with van der Waals surface area (Å²) in [5.74, 6) is -0.846. The van der Waals surface area contributed by atoms with Gasteiger partial charge in [0.2, 0.25) is 5.91 Å². The molecule has 0 aliphatic heterocycles. The number of nitrogens with zero attached hydrogens (tertiary/aromatic N) is 4. The third-order valence-electron chi connectivity index (χ3n) is 5.04. The second-order valence-electron chi connectivity index (χ2n) is 7.53. The summed E-state index contributed by atoms with van der Waals surface area (Å²) in [5, 5.41) is 12.4. The van der Waals surface area contributed by atoms with E-state index in [-0.39, 0.29) is 29.5 Å². The van der Waals surface area contributed by atoms with Gasteiger partial charge in [0, 0.05) is 18.7 Å². The van der Waals surface area contributed by atoms with E-state index in [0.717, 1.165) is 4.68 Å². The van der Waals surface area contributed by atoms with Crippen LogP contribution in [0, 0.1) is 0 Å². The molecular formula is C20H20ClF3N6O3. The van der Waals surface area contributed by atoms with Crippen molar-refractivity contribution in [3.8, 4) is 0 Å². The predicted octanol–water partition coefficient (Wildman–Crippen LogP) is 3.81. The molecule has 0 unspecified atom stereocenters. The summed E-state index contributed by atoms with van der Waals surface area (Å²) < 4.78 is 47.3. The second kappa shape index (κ2) is 8.93. The monoisotopic (exact) mass is 484 g/mol. The normalized spacial score (nSPS) is 13.8. The molecule has 3 aromatic rings. The smallest absolute Gasteiger partial charge is 0.436 e. The Hall–Kier alpha value is -3.28. The van der Waals surface area contributed by atoms with Gasteiger partial charge in [0.05, 0.1) is 29.2 Å². The number of furan rings is 1. The summed E-state index contributed by atoms with van der Waals surface area (Å²) >= 11 is 5.95. The van der Waals surface area contributed by atoms with Gasteiger partial charge in [-0.05, 0) is 31.9 Å². The van der Waals surface area contributed by atoms with Crippen LogP contribution in [-0.2, 0) is 30.6 Å². The SMILES string of the molecule is CCn1cc(NC(=O)Cn2nc(C(F)(F)F)c(Cl)c2C2CC2)c(C(=O)NCc2ccco2)n1. The Labute approximate surface area is 190 Å². The van der Waals surface area contributed by atoms with Gasteiger partial charge in [-0.1, -0.05) is 11.6 Å². The number of carbonyl (C=O) groups excluding carboxylic acids is 2. The Bertz CT molecular complexity index is 1160. The van der Waals surface area contributed by atoms with Crippen LogP contribution in [-0.4, -0.2) is 31.4 Å². The van der Waals surface area contributed by atoms with E-state index in [1.54, 1.807) is 19.1 Å². The van der Waals surface area contributed by atoms with Crippen molar-refractivity contribution in [2.24, 2.45) is 0 Å². The van der Waals surface area contributed by atoms with Crippen molar-refractivity contribution >= 4 is 29.1 Å². The number of nitrogens with one attached hydrogen (secondary N) is 2. The molecule has 176 valence electrons. The van der Waals surface area contributed by atoms with Crippen LogP contribution in [0.3, 0.4) is 0 Å². The number of hydrogen-bond donors (Lipinski definition) is 2. The lowest BCUT2D eigenvalue weighted by molar-refractivity contribution is -0.141. The van der Waals surface area contributed by atoms with Crippen LogP contribution in [0.1, 0.15) is 53.3 Å². The molecule has 0 bridgehead atoms. The number of rotatable bonds is 8. The molecule has 1 saturated carbocycles. The van der Waals surface area contributed by atoms with Crippen molar-refractivity contribution in [3.63, 3.8) is 0 Å². The molecule has 1 aliphatic rings. The zero-order valence-electron chi connectivity index (χ0n) is 17.4. The highest BCUT2D eigenvalue weighted by atomic mass is 35.5. The number of carbonyl (C=O) groups is 2. The lowest BCUT2D eigenvalue weighted by atomic mass is 10.2. The third-order valence-corrected chi connectivity index (χ3v) is 5.41. The minimum atomic E-state index is -4.73. The largest absolute Gasteiger partial charge is 0.467 e. The summed E-state index contributed by atoms with van der Waals surface area (Å²) in [6.07, 6.45) is -0.440.